The van der Waals surface area contributed by atoms with Gasteiger partial charge in [0.2, 0.25) is 17.7 Å². The number of amides is 5. The van der Waals surface area contributed by atoms with Crippen LogP contribution in [0.25, 0.3) is 16.5 Å². The van der Waals surface area contributed by atoms with E-state index in [2.05, 4.69) is 15.6 Å². The summed E-state index contributed by atoms with van der Waals surface area (Å²) in [4.78, 5) is 74.4. The van der Waals surface area contributed by atoms with E-state index in [4.69, 9.17) is 24.2 Å². The first kappa shape index (κ1) is 55.0. The van der Waals surface area contributed by atoms with Crippen molar-refractivity contribution in [2.24, 2.45) is 5.41 Å². The molecular formula is C51H57F3N6O10S2. The van der Waals surface area contributed by atoms with E-state index in [1.54, 1.807) is 22.9 Å². The second-order valence-electron chi connectivity index (χ2n) is 18.1. The first-order valence-corrected chi connectivity index (χ1v) is 24.9. The van der Waals surface area contributed by atoms with Gasteiger partial charge in [0, 0.05) is 39.1 Å². The van der Waals surface area contributed by atoms with Crippen LogP contribution in [0.5, 0.6) is 17.2 Å². The third-order valence-electron chi connectivity index (χ3n) is 11.7. The molecule has 4 aromatic rings. The molecule has 0 radical (unpaired) electrons. The van der Waals surface area contributed by atoms with Crippen LogP contribution in [-0.2, 0) is 41.4 Å². The highest BCUT2D eigenvalue weighted by molar-refractivity contribution is 8.18. The molecule has 384 valence electrons. The Balaban J connectivity index is 0.864. The lowest BCUT2D eigenvalue weighted by atomic mass is 9.85. The Labute approximate surface area is 423 Å². The van der Waals surface area contributed by atoms with E-state index in [-0.39, 0.29) is 74.3 Å². The number of benzene rings is 3. The molecule has 3 N–H and O–H groups in total. The van der Waals surface area contributed by atoms with Gasteiger partial charge in [0.1, 0.15) is 17.8 Å². The van der Waals surface area contributed by atoms with Crippen molar-refractivity contribution in [3.8, 4) is 33.8 Å². The smallest absolute Gasteiger partial charge is 0.420 e. The zero-order valence-electron chi connectivity index (χ0n) is 40.5. The van der Waals surface area contributed by atoms with Crippen LogP contribution in [0.15, 0.2) is 71.1 Å². The van der Waals surface area contributed by atoms with Gasteiger partial charge in [-0.3, -0.25) is 28.9 Å². The Morgan fingerprint density at radius 1 is 0.958 bits per heavy atom. The van der Waals surface area contributed by atoms with Gasteiger partial charge in [-0.15, -0.1) is 11.3 Å². The van der Waals surface area contributed by atoms with Gasteiger partial charge in [0.05, 0.1) is 71.2 Å². The average molecular weight is 1040 g/mol. The molecular weight excluding hydrogens is 978 g/mol. The van der Waals surface area contributed by atoms with Crippen molar-refractivity contribution in [3.05, 3.63) is 99.0 Å². The summed E-state index contributed by atoms with van der Waals surface area (Å²) < 4.78 is 63.3. The van der Waals surface area contributed by atoms with E-state index in [1.807, 2.05) is 52.0 Å². The number of nitrogens with one attached hydrogen (secondary N) is 2. The fourth-order valence-corrected chi connectivity index (χ4v) is 9.56. The van der Waals surface area contributed by atoms with Crippen molar-refractivity contribution < 1.29 is 61.2 Å². The number of aliphatic hydroxyl groups excluding tert-OH is 1. The number of unbranched alkanes of at least 4 members (excludes halogenated alkanes) is 2. The Morgan fingerprint density at radius 2 is 1.68 bits per heavy atom. The second-order valence-corrected chi connectivity index (χ2v) is 20.0. The molecule has 2 aliphatic heterocycles. The van der Waals surface area contributed by atoms with Crippen LogP contribution in [0.4, 0.5) is 18.0 Å². The minimum atomic E-state index is -4.78. The quantitative estimate of drug-likeness (QED) is 0.0501. The number of ether oxygens (including phenoxy) is 4. The number of carbonyl (C=O) groups excluding carboxylic acids is 5. The standard InChI is InChI=1S/C51H57F3N6O10S2/c1-31-44(71-30-57-31)35-13-9-32(10-14-35)28-56-46(63)38-26-36(61)29-60(38)48(65)45(50(2,3)4)58-43(62)17-20-69-22-21-68-19-8-6-7-18-59-47(64)42(72-49(59)66)25-33-11-16-40(41(24-33)67-5)70-39-15-12-34(27-55)23-37(39)51(52,53)54/h9-16,23-25,30,36,38,45,61H,6-8,17-22,26,28-29H2,1-5H3,(H,56,63)(H,58,62)/b42-25-/t36?,38-,45+/m0/s1. The van der Waals surface area contributed by atoms with Gasteiger partial charge in [-0.25, -0.2) is 4.98 Å². The minimum absolute atomic E-state index is 0.0254. The number of imide groups is 1. The van der Waals surface area contributed by atoms with Crippen LogP contribution in [0.2, 0.25) is 0 Å². The highest BCUT2D eigenvalue weighted by Gasteiger charge is 2.44. The number of thiazole rings is 1. The number of carbonyl (C=O) groups is 5. The van der Waals surface area contributed by atoms with E-state index < -0.39 is 70.0 Å². The van der Waals surface area contributed by atoms with Crippen molar-refractivity contribution in [3.63, 3.8) is 0 Å². The van der Waals surface area contributed by atoms with Crippen LogP contribution in [0.1, 0.15) is 80.8 Å². The van der Waals surface area contributed by atoms with Crippen molar-refractivity contribution >= 4 is 58.0 Å². The molecule has 3 atom stereocenters. The molecule has 5 amide bonds. The summed E-state index contributed by atoms with van der Waals surface area (Å²) in [7, 11) is 1.31. The van der Waals surface area contributed by atoms with Gasteiger partial charge in [0.25, 0.3) is 11.1 Å². The predicted octanol–water partition coefficient (Wildman–Crippen LogP) is 8.25. The maximum Gasteiger partial charge on any atom is 0.420 e. The fourth-order valence-electron chi connectivity index (χ4n) is 7.88. The summed E-state index contributed by atoms with van der Waals surface area (Å²) in [6.07, 6.45) is -2.30. The Kier molecular flexibility index (Phi) is 19.0. The monoisotopic (exact) mass is 1030 g/mol. The van der Waals surface area contributed by atoms with Gasteiger partial charge in [0.15, 0.2) is 11.5 Å². The highest BCUT2D eigenvalue weighted by atomic mass is 32.2. The van der Waals surface area contributed by atoms with E-state index in [9.17, 15) is 42.3 Å². The maximum atomic E-state index is 14.0. The number of halogens is 3. The van der Waals surface area contributed by atoms with Crippen LogP contribution in [0.3, 0.4) is 0 Å². The normalized spacial score (nSPS) is 17.0. The van der Waals surface area contributed by atoms with Gasteiger partial charge in [-0.1, -0.05) is 51.1 Å². The zero-order chi connectivity index (χ0) is 52.2. The molecule has 0 saturated carbocycles. The Morgan fingerprint density at radius 3 is 2.35 bits per heavy atom. The number of aryl methyl sites for hydroxylation is 1. The average Bonchev–Trinajstić information content (AvgIpc) is 4.03. The van der Waals surface area contributed by atoms with Crippen LogP contribution in [-0.4, -0.2) is 114 Å². The lowest BCUT2D eigenvalue weighted by Crippen LogP contribution is -2.57. The number of nitriles is 1. The SMILES string of the molecule is COc1cc(/C=C2\SC(=O)N(CCCCCOCCOCCC(=O)N[C@H](C(=O)N3CC(O)C[C@H]3C(=O)NCc3ccc(-c4scnc4C)cc3)C(C)(C)C)C2=O)ccc1Oc1ccc(C#N)cc1C(F)(F)F. The third-order valence-corrected chi connectivity index (χ3v) is 13.6. The molecule has 3 heterocycles. The van der Waals surface area contributed by atoms with Crippen LogP contribution in [0, 0.1) is 23.7 Å². The van der Waals surface area contributed by atoms with E-state index in [1.165, 1.54) is 42.4 Å². The number of aliphatic hydroxyl groups is 1. The molecule has 1 unspecified atom stereocenters. The first-order valence-electron chi connectivity index (χ1n) is 23.2. The summed E-state index contributed by atoms with van der Waals surface area (Å²) in [5, 5.41) is 24.9. The molecule has 2 saturated heterocycles. The van der Waals surface area contributed by atoms with E-state index in [0.29, 0.717) is 37.5 Å². The number of hydrogen-bond acceptors (Lipinski definition) is 14. The second kappa shape index (κ2) is 24.9. The van der Waals surface area contributed by atoms with Gasteiger partial charge >= 0.3 is 6.18 Å². The fraction of sp³-hybridized carbons (Fsp3) is 0.431. The molecule has 21 heteroatoms. The van der Waals surface area contributed by atoms with Gasteiger partial charge in [-0.2, -0.15) is 18.4 Å². The molecule has 2 fully saturated rings. The summed E-state index contributed by atoms with van der Waals surface area (Å²) in [6, 6.07) is 14.9. The molecule has 1 aromatic heterocycles. The Bertz CT molecular complexity index is 2670. The maximum absolute atomic E-state index is 14.0. The molecule has 6 rings (SSSR count). The highest BCUT2D eigenvalue weighted by Crippen LogP contribution is 2.42. The first-order chi connectivity index (χ1) is 34.3. The van der Waals surface area contributed by atoms with Gasteiger partial charge < -0.3 is 39.6 Å². The van der Waals surface area contributed by atoms with Crippen molar-refractivity contribution in [1.82, 2.24) is 25.4 Å². The zero-order valence-corrected chi connectivity index (χ0v) is 42.1. The molecule has 0 bridgehead atoms. The van der Waals surface area contributed by atoms with Crippen molar-refractivity contribution in [1.29, 1.82) is 5.26 Å². The van der Waals surface area contributed by atoms with Crippen LogP contribution >= 0.6 is 23.1 Å². The van der Waals surface area contributed by atoms with E-state index in [0.717, 1.165) is 44.4 Å². The Hall–Kier alpha value is -6.31. The number of methoxy groups -OCH3 is 1. The number of likely N-dealkylation sites (tertiary alicyclic amines) is 1. The molecule has 72 heavy (non-hydrogen) atoms. The summed E-state index contributed by atoms with van der Waals surface area (Å²) in [5.41, 5.74) is 3.06. The molecule has 16 nitrogen and oxygen atoms in total. The minimum Gasteiger partial charge on any atom is -0.493 e. The molecule has 3 aromatic carbocycles. The largest absolute Gasteiger partial charge is 0.493 e. The third kappa shape index (κ3) is 14.7. The summed E-state index contributed by atoms with van der Waals surface area (Å²) in [6.45, 7) is 8.73. The summed E-state index contributed by atoms with van der Waals surface area (Å²) in [5.74, 6) is -2.22. The number of thioether (sulfide) groups is 1. The number of alkyl halides is 3. The number of nitrogens with zero attached hydrogens (tertiary/aromatic N) is 4. The number of aromatic nitrogens is 1. The molecule has 0 spiro atoms. The molecule has 0 aliphatic carbocycles. The number of β-amino-alcohol motifs (C(OH)–C–C–N with tert-alkyl or cyclic N) is 1. The number of rotatable bonds is 22. The van der Waals surface area contributed by atoms with Crippen molar-refractivity contribution in [2.75, 3.05) is 46.6 Å². The van der Waals surface area contributed by atoms with Crippen molar-refractivity contribution in [2.45, 2.75) is 90.7 Å². The topological polar surface area (TPSA) is 210 Å². The lowest BCUT2D eigenvalue weighted by Gasteiger charge is -2.35. The predicted molar refractivity (Wildman–Crippen MR) is 264 cm³/mol. The summed E-state index contributed by atoms with van der Waals surface area (Å²) >= 11 is 2.33. The number of hydrogen-bond donors (Lipinski definition) is 3. The lowest BCUT2D eigenvalue weighted by molar-refractivity contribution is -0.144. The van der Waals surface area contributed by atoms with E-state index >= 15 is 0 Å². The van der Waals surface area contributed by atoms with Gasteiger partial charge in [-0.05, 0) is 96.5 Å². The van der Waals surface area contributed by atoms with Crippen LogP contribution < -0.4 is 20.1 Å². The molecule has 2 aliphatic rings.